The van der Waals surface area contributed by atoms with Gasteiger partial charge in [-0.2, -0.15) is 0 Å². The largest absolute Gasteiger partial charge is 0.352 e. The number of rotatable bonds is 8. The molecule has 1 aromatic rings. The summed E-state index contributed by atoms with van der Waals surface area (Å²) in [6, 6.07) is 5.69. The fourth-order valence-electron chi connectivity index (χ4n) is 1.74. The highest BCUT2D eigenvalue weighted by Gasteiger charge is 2.15. The lowest BCUT2D eigenvalue weighted by atomic mass is 10.2. The molecule has 0 atom stereocenters. The quantitative estimate of drug-likeness (QED) is 0.615. The van der Waals surface area contributed by atoms with E-state index in [9.17, 15) is 13.2 Å². The summed E-state index contributed by atoms with van der Waals surface area (Å²) in [5.41, 5.74) is 5.81. The van der Waals surface area contributed by atoms with E-state index < -0.39 is 10.0 Å². The minimum Gasteiger partial charge on any atom is -0.352 e. The van der Waals surface area contributed by atoms with Gasteiger partial charge in [0.05, 0.1) is 4.90 Å². The van der Waals surface area contributed by atoms with Crippen molar-refractivity contribution in [3.63, 3.8) is 0 Å². The summed E-state index contributed by atoms with van der Waals surface area (Å²) in [6.07, 6.45) is 1.69. The number of nitrogens with one attached hydrogen (secondary N) is 2. The van der Waals surface area contributed by atoms with E-state index in [1.807, 2.05) is 0 Å². The van der Waals surface area contributed by atoms with Crippen LogP contribution in [-0.4, -0.2) is 33.5 Å². The molecule has 4 N–H and O–H groups in total. The van der Waals surface area contributed by atoms with Gasteiger partial charge in [0.1, 0.15) is 0 Å². The van der Waals surface area contributed by atoms with Crippen LogP contribution in [0.3, 0.4) is 0 Å². The third-order valence-corrected chi connectivity index (χ3v) is 4.41. The highest BCUT2D eigenvalue weighted by Crippen LogP contribution is 2.11. The van der Waals surface area contributed by atoms with Gasteiger partial charge >= 0.3 is 0 Å². The number of nitrogens with two attached hydrogens (primary N) is 1. The van der Waals surface area contributed by atoms with Gasteiger partial charge in [0.15, 0.2) is 0 Å². The van der Waals surface area contributed by atoms with Crippen molar-refractivity contribution in [3.05, 3.63) is 29.8 Å². The van der Waals surface area contributed by atoms with Gasteiger partial charge in [-0.15, -0.1) is 12.4 Å². The minimum absolute atomic E-state index is 0. The number of hydrogen-bond donors (Lipinski definition) is 3. The molecule has 6 nitrogen and oxygen atoms in total. The van der Waals surface area contributed by atoms with Gasteiger partial charge in [-0.3, -0.25) is 4.79 Å². The molecule has 0 fully saturated rings. The van der Waals surface area contributed by atoms with E-state index in [1.165, 1.54) is 24.3 Å². The number of sulfonamides is 1. The van der Waals surface area contributed by atoms with Crippen LogP contribution in [0, 0.1) is 0 Å². The Morgan fingerprint density at radius 1 is 1.18 bits per heavy atom. The van der Waals surface area contributed by atoms with Crippen LogP contribution >= 0.6 is 12.4 Å². The van der Waals surface area contributed by atoms with E-state index in [-0.39, 0.29) is 29.3 Å². The molecule has 0 bridgehead atoms. The zero-order valence-corrected chi connectivity index (χ0v) is 14.5. The Labute approximate surface area is 138 Å². The van der Waals surface area contributed by atoms with Crippen LogP contribution in [0.1, 0.15) is 37.0 Å². The number of carbonyl (C=O) groups excluding carboxylic acids is 1. The lowest BCUT2D eigenvalue weighted by Crippen LogP contribution is -2.30. The van der Waals surface area contributed by atoms with E-state index in [2.05, 4.69) is 10.0 Å². The van der Waals surface area contributed by atoms with Crippen molar-refractivity contribution >= 4 is 28.3 Å². The standard InChI is InChI=1S/C14H23N3O3S.ClH/c1-11(2)17-21(19,20)13-7-5-12(6-8-13)14(18)16-10-4-3-9-15;/h5-8,11,17H,3-4,9-10,15H2,1-2H3,(H,16,18);1H. The highest BCUT2D eigenvalue weighted by atomic mass is 35.5. The fraction of sp³-hybridized carbons (Fsp3) is 0.500. The maximum Gasteiger partial charge on any atom is 0.251 e. The van der Waals surface area contributed by atoms with E-state index in [1.54, 1.807) is 13.8 Å². The second kappa shape index (κ2) is 9.78. The normalized spacial score (nSPS) is 11.1. The van der Waals surface area contributed by atoms with E-state index >= 15 is 0 Å². The Hall–Kier alpha value is -1.15. The van der Waals surface area contributed by atoms with E-state index in [0.717, 1.165) is 12.8 Å². The van der Waals surface area contributed by atoms with Crippen LogP contribution in [-0.2, 0) is 10.0 Å². The van der Waals surface area contributed by atoms with Crippen molar-refractivity contribution < 1.29 is 13.2 Å². The number of benzene rings is 1. The number of unbranched alkanes of at least 4 members (excludes halogenated alkanes) is 1. The second-order valence-corrected chi connectivity index (χ2v) is 6.77. The second-order valence-electron chi connectivity index (χ2n) is 5.05. The first-order valence-corrected chi connectivity index (χ1v) is 8.46. The Bertz CT molecular complexity index is 559. The summed E-state index contributed by atoms with van der Waals surface area (Å²) < 4.78 is 26.4. The molecular weight excluding hydrogens is 326 g/mol. The molecule has 0 aliphatic heterocycles. The van der Waals surface area contributed by atoms with Crippen molar-refractivity contribution in [1.82, 2.24) is 10.0 Å². The SMILES string of the molecule is CC(C)NS(=O)(=O)c1ccc(C(=O)NCCCCN)cc1.Cl. The number of halogens is 1. The molecule has 0 unspecified atom stereocenters. The third-order valence-electron chi connectivity index (χ3n) is 2.73. The van der Waals surface area contributed by atoms with Crippen molar-refractivity contribution in [2.75, 3.05) is 13.1 Å². The molecule has 0 aliphatic rings. The molecule has 1 aromatic carbocycles. The summed E-state index contributed by atoms with van der Waals surface area (Å²) in [5, 5.41) is 2.76. The predicted molar refractivity (Wildman–Crippen MR) is 89.8 cm³/mol. The summed E-state index contributed by atoms with van der Waals surface area (Å²) >= 11 is 0. The van der Waals surface area contributed by atoms with Gasteiger partial charge < -0.3 is 11.1 Å². The molecule has 1 rings (SSSR count). The van der Waals surface area contributed by atoms with Crippen LogP contribution < -0.4 is 15.8 Å². The van der Waals surface area contributed by atoms with E-state index in [0.29, 0.717) is 18.7 Å². The molecule has 0 saturated carbocycles. The van der Waals surface area contributed by atoms with Crippen molar-refractivity contribution in [2.24, 2.45) is 5.73 Å². The molecule has 126 valence electrons. The Kier molecular flexibility index (Phi) is 9.27. The fourth-order valence-corrected chi connectivity index (χ4v) is 2.99. The summed E-state index contributed by atoms with van der Waals surface area (Å²) in [6.45, 7) is 4.66. The molecule has 0 aromatic heterocycles. The molecule has 0 aliphatic carbocycles. The molecule has 0 heterocycles. The average Bonchev–Trinajstić information content (AvgIpc) is 2.42. The summed E-state index contributed by atoms with van der Waals surface area (Å²) in [4.78, 5) is 12.0. The van der Waals surface area contributed by atoms with Crippen molar-refractivity contribution in [3.8, 4) is 0 Å². The minimum atomic E-state index is -3.52. The first kappa shape index (κ1) is 20.9. The summed E-state index contributed by atoms with van der Waals surface area (Å²) in [5.74, 6) is -0.215. The van der Waals surface area contributed by atoms with Crippen LogP contribution in [0.2, 0.25) is 0 Å². The number of carbonyl (C=O) groups is 1. The Morgan fingerprint density at radius 2 is 1.77 bits per heavy atom. The van der Waals surface area contributed by atoms with Crippen molar-refractivity contribution in [2.45, 2.75) is 37.6 Å². The lowest BCUT2D eigenvalue weighted by molar-refractivity contribution is 0.0953. The summed E-state index contributed by atoms with van der Waals surface area (Å²) in [7, 11) is -3.52. The average molecular weight is 350 g/mol. The molecular formula is C14H24ClN3O3S. The lowest BCUT2D eigenvalue weighted by Gasteiger charge is -2.10. The van der Waals surface area contributed by atoms with Gasteiger partial charge in [0.2, 0.25) is 10.0 Å². The van der Waals surface area contributed by atoms with Crippen LogP contribution in [0.25, 0.3) is 0 Å². The van der Waals surface area contributed by atoms with Crippen LogP contribution in [0.4, 0.5) is 0 Å². The highest BCUT2D eigenvalue weighted by molar-refractivity contribution is 7.89. The molecule has 0 saturated heterocycles. The molecule has 1 amide bonds. The molecule has 0 spiro atoms. The maximum atomic E-state index is 11.9. The number of hydrogen-bond acceptors (Lipinski definition) is 4. The van der Waals surface area contributed by atoms with Crippen LogP contribution in [0.5, 0.6) is 0 Å². The third kappa shape index (κ3) is 6.74. The Balaban J connectivity index is 0.00000441. The van der Waals surface area contributed by atoms with Gasteiger partial charge in [0.25, 0.3) is 5.91 Å². The molecule has 8 heteroatoms. The van der Waals surface area contributed by atoms with Crippen molar-refractivity contribution in [1.29, 1.82) is 0 Å². The van der Waals surface area contributed by atoms with Gasteiger partial charge in [-0.1, -0.05) is 0 Å². The van der Waals surface area contributed by atoms with Gasteiger partial charge in [-0.05, 0) is 57.5 Å². The predicted octanol–water partition coefficient (Wildman–Crippen LogP) is 1.26. The zero-order chi connectivity index (χ0) is 15.9. The van der Waals surface area contributed by atoms with E-state index in [4.69, 9.17) is 5.73 Å². The molecule has 22 heavy (non-hydrogen) atoms. The van der Waals surface area contributed by atoms with Crippen LogP contribution in [0.15, 0.2) is 29.2 Å². The Morgan fingerprint density at radius 3 is 2.27 bits per heavy atom. The maximum absolute atomic E-state index is 11.9. The topological polar surface area (TPSA) is 101 Å². The van der Waals surface area contributed by atoms with Gasteiger partial charge in [-0.25, -0.2) is 13.1 Å². The smallest absolute Gasteiger partial charge is 0.251 e. The molecule has 0 radical (unpaired) electrons. The number of amides is 1. The zero-order valence-electron chi connectivity index (χ0n) is 12.8. The monoisotopic (exact) mass is 349 g/mol. The van der Waals surface area contributed by atoms with Gasteiger partial charge in [0, 0.05) is 18.2 Å². The first-order valence-electron chi connectivity index (χ1n) is 6.97. The first-order chi connectivity index (χ1) is 9.86.